The van der Waals surface area contributed by atoms with E-state index >= 15 is 0 Å². The van der Waals surface area contributed by atoms with Crippen LogP contribution in [0, 0.1) is 0 Å². The third-order valence-electron chi connectivity index (χ3n) is 6.95. The highest BCUT2D eigenvalue weighted by molar-refractivity contribution is 7.22. The molecule has 2 aliphatic rings. The van der Waals surface area contributed by atoms with Crippen LogP contribution in [0.4, 0.5) is 27.2 Å². The molecule has 0 radical (unpaired) electrons. The van der Waals surface area contributed by atoms with Crippen molar-refractivity contribution in [1.82, 2.24) is 19.9 Å². The van der Waals surface area contributed by atoms with E-state index in [1.807, 2.05) is 51.1 Å². The number of amides is 1. The van der Waals surface area contributed by atoms with Crippen LogP contribution in [0.1, 0.15) is 38.3 Å². The van der Waals surface area contributed by atoms with Gasteiger partial charge in [-0.3, -0.25) is 0 Å². The van der Waals surface area contributed by atoms with Gasteiger partial charge in [0.15, 0.2) is 5.13 Å². The lowest BCUT2D eigenvalue weighted by Gasteiger charge is -2.31. The van der Waals surface area contributed by atoms with Crippen molar-refractivity contribution < 1.29 is 9.53 Å². The molecule has 10 heteroatoms. The van der Waals surface area contributed by atoms with Gasteiger partial charge in [-0.05, 0) is 56.5 Å². The van der Waals surface area contributed by atoms with Gasteiger partial charge in [0.25, 0.3) is 0 Å². The first-order valence-electron chi connectivity index (χ1n) is 13.5. The number of rotatable bonds is 6. The molecule has 2 aliphatic heterocycles. The van der Waals surface area contributed by atoms with E-state index in [4.69, 9.17) is 9.72 Å². The first kappa shape index (κ1) is 26.1. The Labute approximate surface area is 237 Å². The molecule has 2 aromatic carbocycles. The molecule has 2 aromatic heterocycles. The Morgan fingerprint density at radius 3 is 2.80 bits per heavy atom. The minimum Gasteiger partial charge on any atom is -0.444 e. The van der Waals surface area contributed by atoms with Gasteiger partial charge >= 0.3 is 6.09 Å². The molecule has 1 unspecified atom stereocenters. The third-order valence-corrected chi connectivity index (χ3v) is 7.92. The molecule has 4 aromatic rings. The SMILES string of the molecule is CC(C)(C)OC(=O)N1CC=C(C2Cc3c(Nc4ccc5nc(NCc6ccccc6)sc5c4)ncnc3N2)CC1. The Hall–Kier alpha value is -4.18. The summed E-state index contributed by atoms with van der Waals surface area (Å²) in [5.41, 5.74) is 5.00. The van der Waals surface area contributed by atoms with Crippen LogP contribution in [0.5, 0.6) is 0 Å². The Morgan fingerprint density at radius 1 is 1.18 bits per heavy atom. The molecule has 0 saturated carbocycles. The van der Waals surface area contributed by atoms with Crippen molar-refractivity contribution in [3.05, 3.63) is 77.6 Å². The van der Waals surface area contributed by atoms with E-state index in [1.165, 1.54) is 11.1 Å². The topological polar surface area (TPSA) is 104 Å². The molecule has 1 atom stereocenters. The zero-order valence-electron chi connectivity index (χ0n) is 22.9. The zero-order valence-corrected chi connectivity index (χ0v) is 23.7. The maximum atomic E-state index is 12.4. The smallest absolute Gasteiger partial charge is 0.410 e. The van der Waals surface area contributed by atoms with Crippen molar-refractivity contribution in [1.29, 1.82) is 0 Å². The highest BCUT2D eigenvalue weighted by atomic mass is 32.1. The van der Waals surface area contributed by atoms with Crippen LogP contribution in [-0.2, 0) is 17.7 Å². The number of aromatic nitrogens is 3. The van der Waals surface area contributed by atoms with Crippen molar-refractivity contribution in [2.24, 2.45) is 0 Å². The largest absolute Gasteiger partial charge is 0.444 e. The van der Waals surface area contributed by atoms with Crippen LogP contribution in [0.25, 0.3) is 10.2 Å². The molecule has 206 valence electrons. The number of thiazole rings is 1. The van der Waals surface area contributed by atoms with Gasteiger partial charge in [0, 0.05) is 37.3 Å². The van der Waals surface area contributed by atoms with Crippen molar-refractivity contribution in [2.75, 3.05) is 29.0 Å². The second-order valence-electron chi connectivity index (χ2n) is 11.1. The molecule has 0 saturated heterocycles. The summed E-state index contributed by atoms with van der Waals surface area (Å²) in [6.07, 6.45) is 5.04. The van der Waals surface area contributed by atoms with Gasteiger partial charge in [0.2, 0.25) is 0 Å². The van der Waals surface area contributed by atoms with Crippen LogP contribution in [0.15, 0.2) is 66.5 Å². The predicted octanol–water partition coefficient (Wildman–Crippen LogP) is 6.35. The highest BCUT2D eigenvalue weighted by Crippen LogP contribution is 2.35. The van der Waals surface area contributed by atoms with E-state index in [0.717, 1.165) is 57.6 Å². The second kappa shape index (κ2) is 10.8. The normalized spacial score (nSPS) is 16.7. The average molecular weight is 556 g/mol. The lowest BCUT2D eigenvalue weighted by atomic mass is 9.97. The van der Waals surface area contributed by atoms with E-state index in [1.54, 1.807) is 22.6 Å². The van der Waals surface area contributed by atoms with Crippen LogP contribution in [-0.4, -0.2) is 50.7 Å². The van der Waals surface area contributed by atoms with Gasteiger partial charge in [0.05, 0.1) is 16.3 Å². The number of fused-ring (bicyclic) bond motifs is 2. The lowest BCUT2D eigenvalue weighted by Crippen LogP contribution is -2.40. The van der Waals surface area contributed by atoms with Crippen molar-refractivity contribution >= 4 is 50.1 Å². The molecular formula is C30H33N7O2S. The van der Waals surface area contributed by atoms with Crippen molar-refractivity contribution in [3.8, 4) is 0 Å². The van der Waals surface area contributed by atoms with Gasteiger partial charge in [-0.15, -0.1) is 0 Å². The van der Waals surface area contributed by atoms with Gasteiger partial charge in [-0.25, -0.2) is 19.7 Å². The summed E-state index contributed by atoms with van der Waals surface area (Å²) in [7, 11) is 0. The molecule has 40 heavy (non-hydrogen) atoms. The van der Waals surface area contributed by atoms with Crippen molar-refractivity contribution in [2.45, 2.75) is 51.8 Å². The van der Waals surface area contributed by atoms with Crippen LogP contribution in [0.2, 0.25) is 0 Å². The molecular weight excluding hydrogens is 522 g/mol. The van der Waals surface area contributed by atoms with Gasteiger partial charge in [-0.2, -0.15) is 0 Å². The number of nitrogens with one attached hydrogen (secondary N) is 3. The number of benzene rings is 2. The zero-order chi connectivity index (χ0) is 27.7. The first-order chi connectivity index (χ1) is 19.3. The number of anilines is 4. The van der Waals surface area contributed by atoms with E-state index in [9.17, 15) is 4.79 Å². The number of carbonyl (C=O) groups is 1. The summed E-state index contributed by atoms with van der Waals surface area (Å²) in [4.78, 5) is 28.0. The Morgan fingerprint density at radius 2 is 2.02 bits per heavy atom. The molecule has 3 N–H and O–H groups in total. The maximum absolute atomic E-state index is 12.4. The fourth-order valence-corrected chi connectivity index (χ4v) is 5.86. The summed E-state index contributed by atoms with van der Waals surface area (Å²) in [5, 5.41) is 11.4. The summed E-state index contributed by atoms with van der Waals surface area (Å²) in [6.45, 7) is 7.59. The average Bonchev–Trinajstić information content (AvgIpc) is 3.56. The van der Waals surface area contributed by atoms with E-state index in [2.05, 4.69) is 50.2 Å². The van der Waals surface area contributed by atoms with Crippen molar-refractivity contribution in [3.63, 3.8) is 0 Å². The molecule has 4 heterocycles. The number of ether oxygens (including phenoxy) is 1. The molecule has 1 amide bonds. The first-order valence-corrected chi connectivity index (χ1v) is 14.3. The third kappa shape index (κ3) is 5.86. The summed E-state index contributed by atoms with van der Waals surface area (Å²) in [5.74, 6) is 1.65. The lowest BCUT2D eigenvalue weighted by molar-refractivity contribution is 0.0265. The minimum atomic E-state index is -0.496. The Bertz CT molecular complexity index is 1560. The standard InChI is InChI=1S/C30H33N7O2S/c1-30(2,3)39-29(38)37-13-11-20(12-14-37)24-16-22-26(32-18-33-27(22)35-24)34-21-9-10-23-25(15-21)40-28(36-23)31-17-19-7-5-4-6-8-19/h4-11,15,18,24H,12-14,16-17H2,1-3H3,(H,31,36)(H2,32,33,34,35). The fourth-order valence-electron chi connectivity index (χ4n) is 4.96. The molecule has 6 rings (SSSR count). The molecule has 0 aliphatic carbocycles. The molecule has 0 spiro atoms. The second-order valence-corrected chi connectivity index (χ2v) is 12.1. The number of hydrogen-bond acceptors (Lipinski definition) is 9. The highest BCUT2D eigenvalue weighted by Gasteiger charge is 2.31. The summed E-state index contributed by atoms with van der Waals surface area (Å²) >= 11 is 1.64. The quantitative estimate of drug-likeness (QED) is 0.237. The van der Waals surface area contributed by atoms with Gasteiger partial charge < -0.3 is 25.6 Å². The molecule has 0 fully saturated rings. The summed E-state index contributed by atoms with van der Waals surface area (Å²) < 4.78 is 6.63. The Balaban J connectivity index is 1.11. The monoisotopic (exact) mass is 555 g/mol. The number of hydrogen-bond donors (Lipinski definition) is 3. The van der Waals surface area contributed by atoms with Crippen LogP contribution >= 0.6 is 11.3 Å². The van der Waals surface area contributed by atoms with E-state index in [-0.39, 0.29) is 12.1 Å². The van der Waals surface area contributed by atoms with E-state index in [0.29, 0.717) is 13.1 Å². The van der Waals surface area contributed by atoms with Gasteiger partial charge in [0.1, 0.15) is 23.6 Å². The number of carbonyl (C=O) groups excluding carboxylic acids is 1. The van der Waals surface area contributed by atoms with Crippen LogP contribution in [0.3, 0.4) is 0 Å². The summed E-state index contributed by atoms with van der Waals surface area (Å²) in [6, 6.07) is 16.6. The predicted molar refractivity (Wildman–Crippen MR) is 160 cm³/mol. The van der Waals surface area contributed by atoms with Crippen LogP contribution < -0.4 is 16.0 Å². The molecule has 0 bridgehead atoms. The van der Waals surface area contributed by atoms with Gasteiger partial charge in [-0.1, -0.05) is 47.7 Å². The van der Waals surface area contributed by atoms with E-state index < -0.39 is 5.60 Å². The minimum absolute atomic E-state index is 0.134. The fraction of sp³-hybridized carbons (Fsp3) is 0.333. The number of nitrogens with zero attached hydrogens (tertiary/aromatic N) is 4. The maximum Gasteiger partial charge on any atom is 0.410 e. The molecule has 9 nitrogen and oxygen atoms in total. The Kier molecular flexibility index (Phi) is 7.02.